The van der Waals surface area contributed by atoms with Crippen molar-refractivity contribution in [1.82, 2.24) is 14.9 Å². The van der Waals surface area contributed by atoms with Gasteiger partial charge in [-0.2, -0.15) is 0 Å². The van der Waals surface area contributed by atoms with E-state index in [0.717, 1.165) is 25.7 Å². The lowest BCUT2D eigenvalue weighted by molar-refractivity contribution is -0.120. The number of ether oxygens (including phenoxy) is 1. The van der Waals surface area contributed by atoms with Gasteiger partial charge in [0.25, 0.3) is 5.56 Å². The van der Waals surface area contributed by atoms with Gasteiger partial charge in [-0.1, -0.05) is 18.9 Å². The van der Waals surface area contributed by atoms with Gasteiger partial charge in [0.05, 0.1) is 13.0 Å². The van der Waals surface area contributed by atoms with E-state index in [9.17, 15) is 14.4 Å². The number of aromatic nitrogens is 2. The molecule has 0 bridgehead atoms. The highest BCUT2D eigenvalue weighted by Crippen LogP contribution is 2.19. The molecule has 26 heavy (non-hydrogen) atoms. The van der Waals surface area contributed by atoms with Crippen LogP contribution >= 0.6 is 0 Å². The molecule has 144 valence electrons. The Balaban J connectivity index is 1.94. The summed E-state index contributed by atoms with van der Waals surface area (Å²) < 4.78 is 6.66. The lowest BCUT2D eigenvalue weighted by Gasteiger charge is -2.15. The number of carbonyl (C=O) groups is 1. The number of hydrogen-bond donors (Lipinski definition) is 4. The van der Waals surface area contributed by atoms with Crippen molar-refractivity contribution in [2.24, 2.45) is 5.73 Å². The molecule has 9 heteroatoms. The molecule has 0 fully saturated rings. The topological polar surface area (TPSA) is 139 Å². The van der Waals surface area contributed by atoms with E-state index in [1.807, 2.05) is 0 Å². The number of aliphatic hydroxyl groups is 1. The Morgan fingerprint density at radius 2 is 2.04 bits per heavy atom. The van der Waals surface area contributed by atoms with Gasteiger partial charge in [0.2, 0.25) is 5.91 Å². The van der Waals surface area contributed by atoms with Crippen molar-refractivity contribution in [2.45, 2.75) is 44.4 Å². The second-order valence-corrected chi connectivity index (χ2v) is 6.18. The maximum absolute atomic E-state index is 12.0. The zero-order chi connectivity index (χ0) is 18.9. The molecule has 2 rings (SSSR count). The van der Waals surface area contributed by atoms with Gasteiger partial charge in [-0.3, -0.25) is 19.1 Å². The Kier molecular flexibility index (Phi) is 7.76. The molecular formula is C17H26N4O5. The Labute approximate surface area is 150 Å². The van der Waals surface area contributed by atoms with Crippen molar-refractivity contribution in [3.63, 3.8) is 0 Å². The molecule has 0 saturated carbocycles. The molecule has 1 aromatic rings. The molecule has 1 aliphatic heterocycles. The summed E-state index contributed by atoms with van der Waals surface area (Å²) in [6.07, 6.45) is 7.08. The number of nitrogens with one attached hydrogen (secondary N) is 2. The molecule has 1 amide bonds. The number of rotatable bonds is 10. The summed E-state index contributed by atoms with van der Waals surface area (Å²) in [5.74, 6) is -0.282. The van der Waals surface area contributed by atoms with E-state index in [1.165, 1.54) is 10.8 Å². The number of nitrogens with zero attached hydrogens (tertiary/aromatic N) is 1. The van der Waals surface area contributed by atoms with Crippen LogP contribution in [-0.2, 0) is 16.0 Å². The van der Waals surface area contributed by atoms with Gasteiger partial charge >= 0.3 is 5.69 Å². The van der Waals surface area contributed by atoms with Crippen LogP contribution in [0, 0.1) is 0 Å². The van der Waals surface area contributed by atoms with Crippen LogP contribution in [-0.4, -0.2) is 46.4 Å². The molecule has 0 radical (unpaired) electrons. The van der Waals surface area contributed by atoms with Gasteiger partial charge in [0, 0.05) is 18.3 Å². The quantitative estimate of drug-likeness (QED) is 0.314. The Morgan fingerprint density at radius 1 is 1.27 bits per heavy atom. The minimum absolute atomic E-state index is 0.127. The highest BCUT2D eigenvalue weighted by atomic mass is 16.5. The number of amides is 1. The van der Waals surface area contributed by atoms with E-state index >= 15 is 0 Å². The normalized spacial score (nSPS) is 19.0. The maximum Gasteiger partial charge on any atom is 0.330 e. The molecule has 1 aromatic heterocycles. The summed E-state index contributed by atoms with van der Waals surface area (Å²) in [5, 5.41) is 11.9. The van der Waals surface area contributed by atoms with Crippen LogP contribution in [0.15, 0.2) is 27.9 Å². The van der Waals surface area contributed by atoms with Crippen LogP contribution in [0.1, 0.15) is 37.5 Å². The molecule has 2 atom stereocenters. The van der Waals surface area contributed by atoms with E-state index in [4.69, 9.17) is 15.6 Å². The van der Waals surface area contributed by atoms with Crippen LogP contribution in [0.4, 0.5) is 0 Å². The van der Waals surface area contributed by atoms with Crippen molar-refractivity contribution in [2.75, 3.05) is 19.7 Å². The van der Waals surface area contributed by atoms with Crippen molar-refractivity contribution >= 4 is 5.91 Å². The second kappa shape index (κ2) is 10.0. The first-order chi connectivity index (χ1) is 12.5. The predicted octanol–water partition coefficient (Wildman–Crippen LogP) is -0.840. The number of hydrogen-bond acceptors (Lipinski definition) is 6. The van der Waals surface area contributed by atoms with Crippen molar-refractivity contribution in [3.05, 3.63) is 44.8 Å². The average Bonchev–Trinajstić information content (AvgIpc) is 3.09. The third kappa shape index (κ3) is 5.65. The fourth-order valence-electron chi connectivity index (χ4n) is 2.68. The Hall–Kier alpha value is -2.23. The van der Waals surface area contributed by atoms with Crippen LogP contribution in [0.5, 0.6) is 0 Å². The van der Waals surface area contributed by atoms with Gasteiger partial charge in [-0.15, -0.1) is 0 Å². The fourth-order valence-corrected chi connectivity index (χ4v) is 2.68. The second-order valence-electron chi connectivity index (χ2n) is 6.18. The third-order valence-electron chi connectivity index (χ3n) is 4.10. The summed E-state index contributed by atoms with van der Waals surface area (Å²) in [7, 11) is 0. The van der Waals surface area contributed by atoms with Gasteiger partial charge in [0.15, 0.2) is 6.23 Å². The standard InChI is InChI=1S/C17H26N4O5/c18-7-3-1-2-4-8-19-14(23)9-12-10-21(17(25)20-16(12)24)15-6-5-13(11-22)26-15/h5-6,10,13,15,22H,1-4,7-9,11,18H2,(H,19,23)(H,20,24,25)/t13-,15+/m1/s1. The minimum Gasteiger partial charge on any atom is -0.393 e. The molecule has 0 saturated heterocycles. The Bertz CT molecular complexity index is 739. The van der Waals surface area contributed by atoms with Crippen molar-refractivity contribution in [3.8, 4) is 0 Å². The van der Waals surface area contributed by atoms with Crippen molar-refractivity contribution in [1.29, 1.82) is 0 Å². The molecule has 2 heterocycles. The molecule has 0 aliphatic carbocycles. The number of H-pyrrole nitrogens is 1. The number of nitrogens with two attached hydrogens (primary N) is 1. The van der Waals surface area contributed by atoms with Crippen LogP contribution < -0.4 is 22.3 Å². The minimum atomic E-state index is -0.721. The summed E-state index contributed by atoms with van der Waals surface area (Å²) in [6.45, 7) is 1.00. The van der Waals surface area contributed by atoms with Crippen LogP contribution in [0.2, 0.25) is 0 Å². The number of aromatic amines is 1. The first-order valence-electron chi connectivity index (χ1n) is 8.81. The summed E-state index contributed by atoms with van der Waals surface area (Å²) in [6, 6.07) is 0. The third-order valence-corrected chi connectivity index (χ3v) is 4.10. The first-order valence-corrected chi connectivity index (χ1v) is 8.81. The first kappa shape index (κ1) is 20.1. The highest BCUT2D eigenvalue weighted by Gasteiger charge is 2.22. The van der Waals surface area contributed by atoms with E-state index in [1.54, 1.807) is 12.2 Å². The zero-order valence-electron chi connectivity index (χ0n) is 14.6. The number of aliphatic hydroxyl groups excluding tert-OH is 1. The molecule has 0 spiro atoms. The van der Waals surface area contributed by atoms with E-state index in [2.05, 4.69) is 10.3 Å². The molecular weight excluding hydrogens is 340 g/mol. The summed E-state index contributed by atoms with van der Waals surface area (Å²) >= 11 is 0. The molecule has 0 aromatic carbocycles. The van der Waals surface area contributed by atoms with E-state index < -0.39 is 23.6 Å². The number of unbranched alkanes of at least 4 members (excludes halogenated alkanes) is 3. The van der Waals surface area contributed by atoms with Gasteiger partial charge < -0.3 is 20.9 Å². The largest absolute Gasteiger partial charge is 0.393 e. The maximum atomic E-state index is 12.0. The predicted molar refractivity (Wildman–Crippen MR) is 95.7 cm³/mol. The monoisotopic (exact) mass is 366 g/mol. The van der Waals surface area contributed by atoms with Gasteiger partial charge in [0.1, 0.15) is 6.10 Å². The summed E-state index contributed by atoms with van der Waals surface area (Å²) in [4.78, 5) is 38.1. The average molecular weight is 366 g/mol. The smallest absolute Gasteiger partial charge is 0.330 e. The van der Waals surface area contributed by atoms with Crippen molar-refractivity contribution < 1.29 is 14.6 Å². The molecule has 0 unspecified atom stereocenters. The molecule has 5 N–H and O–H groups in total. The number of carbonyl (C=O) groups excluding carboxylic acids is 1. The SMILES string of the molecule is NCCCCCCNC(=O)Cc1cn([C@@H]2C=C[C@H](CO)O2)c(=O)[nH]c1=O. The molecule has 1 aliphatic rings. The highest BCUT2D eigenvalue weighted by molar-refractivity contribution is 5.78. The zero-order valence-corrected chi connectivity index (χ0v) is 14.6. The fraction of sp³-hybridized carbons (Fsp3) is 0.588. The Morgan fingerprint density at radius 3 is 2.73 bits per heavy atom. The van der Waals surface area contributed by atoms with Gasteiger partial charge in [-0.05, 0) is 25.5 Å². The molecule has 9 nitrogen and oxygen atoms in total. The van der Waals surface area contributed by atoms with Gasteiger partial charge in [-0.25, -0.2) is 4.79 Å². The lowest BCUT2D eigenvalue weighted by Crippen LogP contribution is -2.36. The van der Waals surface area contributed by atoms with E-state index in [0.29, 0.717) is 13.1 Å². The summed E-state index contributed by atoms with van der Waals surface area (Å²) in [5.41, 5.74) is 4.37. The lowest BCUT2D eigenvalue weighted by atomic mass is 10.2. The van der Waals surface area contributed by atoms with E-state index in [-0.39, 0.29) is 24.5 Å². The van der Waals surface area contributed by atoms with Crippen LogP contribution in [0.25, 0.3) is 0 Å². The van der Waals surface area contributed by atoms with Crippen LogP contribution in [0.3, 0.4) is 0 Å².